The molecule has 3 rings (SSSR count). The molecular weight excluding hydrogens is 380 g/mol. The molecule has 1 aliphatic rings. The van der Waals surface area contributed by atoms with Gasteiger partial charge in [0.05, 0.1) is 24.5 Å². The van der Waals surface area contributed by atoms with E-state index >= 15 is 0 Å². The molecule has 3 amide bonds. The first-order valence-corrected chi connectivity index (χ1v) is 9.45. The fourth-order valence-corrected chi connectivity index (χ4v) is 3.17. The van der Waals surface area contributed by atoms with Gasteiger partial charge in [-0.25, -0.2) is 4.79 Å². The monoisotopic (exact) mass is 402 g/mol. The second kappa shape index (κ2) is 9.54. The fourth-order valence-electron chi connectivity index (χ4n) is 3.04. The van der Waals surface area contributed by atoms with Gasteiger partial charge < -0.3 is 15.8 Å². The lowest BCUT2D eigenvalue weighted by atomic mass is 10.1. The van der Waals surface area contributed by atoms with Gasteiger partial charge >= 0.3 is 6.03 Å². The summed E-state index contributed by atoms with van der Waals surface area (Å²) >= 11 is 5.91. The number of rotatable bonds is 6. The Kier molecular flexibility index (Phi) is 6.86. The second-order valence-electron chi connectivity index (χ2n) is 6.42. The molecule has 0 unspecified atom stereocenters. The van der Waals surface area contributed by atoms with Crippen LogP contribution < -0.4 is 16.0 Å². The first kappa shape index (κ1) is 20.1. The molecule has 3 N–H and O–H groups in total. The minimum absolute atomic E-state index is 0.302. The first-order valence-electron chi connectivity index (χ1n) is 9.07. The molecule has 28 heavy (non-hydrogen) atoms. The van der Waals surface area contributed by atoms with Crippen molar-refractivity contribution < 1.29 is 14.3 Å². The number of primary amides is 1. The number of nitrogens with two attached hydrogens (primary N) is 1. The van der Waals surface area contributed by atoms with Crippen LogP contribution in [0.15, 0.2) is 48.5 Å². The molecule has 1 heterocycles. The number of nitrogens with zero attached hydrogens (tertiary/aromatic N) is 2. The molecule has 148 valence electrons. The van der Waals surface area contributed by atoms with E-state index < -0.39 is 5.91 Å². The number of urea groups is 1. The molecule has 7 nitrogen and oxygen atoms in total. The summed E-state index contributed by atoms with van der Waals surface area (Å²) in [6.07, 6.45) is 0. The number of para-hydroxylation sites is 1. The highest BCUT2D eigenvalue weighted by atomic mass is 35.5. The Bertz CT molecular complexity index is 822. The van der Waals surface area contributed by atoms with Crippen molar-refractivity contribution in [3.63, 3.8) is 0 Å². The zero-order chi connectivity index (χ0) is 19.9. The predicted molar refractivity (Wildman–Crippen MR) is 110 cm³/mol. The molecule has 2 aromatic carbocycles. The van der Waals surface area contributed by atoms with Crippen LogP contribution in [0, 0.1) is 0 Å². The van der Waals surface area contributed by atoms with Crippen LogP contribution in [0.2, 0.25) is 5.02 Å². The van der Waals surface area contributed by atoms with Gasteiger partial charge in [0.25, 0.3) is 5.91 Å². The molecule has 0 atom stereocenters. The largest absolute Gasteiger partial charge is 0.379 e. The highest BCUT2D eigenvalue weighted by Gasteiger charge is 2.22. The van der Waals surface area contributed by atoms with Gasteiger partial charge in [0, 0.05) is 36.9 Å². The Morgan fingerprint density at radius 3 is 2.46 bits per heavy atom. The standard InChI is InChI=1S/C20H23ClN4O3/c21-15-5-7-16(8-6-15)23-20(27)25(10-9-24-11-13-28-14-12-24)18-4-2-1-3-17(18)19(22)26/h1-8H,9-14H2,(H2,22,26)(H,23,27). The van der Waals surface area contributed by atoms with E-state index in [-0.39, 0.29) is 6.03 Å². The number of carbonyl (C=O) groups is 2. The van der Waals surface area contributed by atoms with E-state index in [1.165, 1.54) is 0 Å². The Labute approximate surface area is 169 Å². The van der Waals surface area contributed by atoms with Crippen LogP contribution in [0.5, 0.6) is 0 Å². The number of halogens is 1. The highest BCUT2D eigenvalue weighted by Crippen LogP contribution is 2.22. The molecular formula is C20H23ClN4O3. The lowest BCUT2D eigenvalue weighted by Gasteiger charge is -2.30. The zero-order valence-corrected chi connectivity index (χ0v) is 16.2. The summed E-state index contributed by atoms with van der Waals surface area (Å²) in [5.41, 5.74) is 6.92. The fraction of sp³-hybridized carbons (Fsp3) is 0.300. The number of hydrogen-bond acceptors (Lipinski definition) is 4. The van der Waals surface area contributed by atoms with E-state index in [0.717, 1.165) is 13.1 Å². The average molecular weight is 403 g/mol. The lowest BCUT2D eigenvalue weighted by Crippen LogP contribution is -2.45. The third-order valence-corrected chi connectivity index (χ3v) is 4.80. The number of benzene rings is 2. The van der Waals surface area contributed by atoms with Crippen molar-refractivity contribution in [3.8, 4) is 0 Å². The van der Waals surface area contributed by atoms with E-state index in [4.69, 9.17) is 22.1 Å². The molecule has 8 heteroatoms. The van der Waals surface area contributed by atoms with Crippen LogP contribution in [-0.4, -0.2) is 56.2 Å². The maximum atomic E-state index is 13.0. The normalized spacial score (nSPS) is 14.5. The van der Waals surface area contributed by atoms with Crippen molar-refractivity contribution in [1.82, 2.24) is 4.90 Å². The smallest absolute Gasteiger partial charge is 0.326 e. The highest BCUT2D eigenvalue weighted by molar-refractivity contribution is 6.30. The van der Waals surface area contributed by atoms with Crippen LogP contribution in [0.3, 0.4) is 0 Å². The molecule has 0 saturated carbocycles. The zero-order valence-electron chi connectivity index (χ0n) is 15.4. The van der Waals surface area contributed by atoms with Gasteiger partial charge in [-0.1, -0.05) is 23.7 Å². The molecule has 0 bridgehead atoms. The number of nitrogens with one attached hydrogen (secondary N) is 1. The molecule has 0 spiro atoms. The lowest BCUT2D eigenvalue weighted by molar-refractivity contribution is 0.0393. The van der Waals surface area contributed by atoms with Crippen LogP contribution in [-0.2, 0) is 4.74 Å². The maximum Gasteiger partial charge on any atom is 0.326 e. The van der Waals surface area contributed by atoms with Gasteiger partial charge in [-0.2, -0.15) is 0 Å². The maximum absolute atomic E-state index is 13.0. The average Bonchev–Trinajstić information content (AvgIpc) is 2.71. The van der Waals surface area contributed by atoms with Crippen molar-refractivity contribution >= 4 is 34.9 Å². The van der Waals surface area contributed by atoms with Gasteiger partial charge in [0.15, 0.2) is 0 Å². The van der Waals surface area contributed by atoms with Crippen molar-refractivity contribution in [3.05, 3.63) is 59.1 Å². The second-order valence-corrected chi connectivity index (χ2v) is 6.86. The van der Waals surface area contributed by atoms with Crippen LogP contribution in [0.4, 0.5) is 16.2 Å². The van der Waals surface area contributed by atoms with E-state index in [1.54, 1.807) is 53.4 Å². The van der Waals surface area contributed by atoms with Gasteiger partial charge in [0.1, 0.15) is 0 Å². The topological polar surface area (TPSA) is 87.9 Å². The summed E-state index contributed by atoms with van der Waals surface area (Å²) in [4.78, 5) is 28.7. The Hall–Kier alpha value is -2.61. The summed E-state index contributed by atoms with van der Waals surface area (Å²) in [5.74, 6) is -0.578. The number of ether oxygens (including phenoxy) is 1. The first-order chi connectivity index (χ1) is 13.5. The molecule has 1 fully saturated rings. The van der Waals surface area contributed by atoms with Gasteiger partial charge in [-0.05, 0) is 36.4 Å². The van der Waals surface area contributed by atoms with Crippen LogP contribution in [0.1, 0.15) is 10.4 Å². The van der Waals surface area contributed by atoms with Gasteiger partial charge in [0.2, 0.25) is 0 Å². The summed E-state index contributed by atoms with van der Waals surface area (Å²) in [7, 11) is 0. The van der Waals surface area contributed by atoms with Gasteiger partial charge in [-0.3, -0.25) is 14.6 Å². The van der Waals surface area contributed by atoms with Crippen molar-refractivity contribution in [2.75, 3.05) is 49.6 Å². The quantitative estimate of drug-likeness (QED) is 0.777. The number of carbonyl (C=O) groups excluding carboxylic acids is 2. The molecule has 0 aromatic heterocycles. The number of anilines is 2. The molecule has 0 radical (unpaired) electrons. The van der Waals surface area contributed by atoms with E-state index in [1.807, 2.05) is 0 Å². The summed E-state index contributed by atoms with van der Waals surface area (Å²) in [6, 6.07) is 13.3. The van der Waals surface area contributed by atoms with Crippen molar-refractivity contribution in [2.45, 2.75) is 0 Å². The minimum atomic E-state index is -0.578. The SMILES string of the molecule is NC(=O)c1ccccc1N(CCN1CCOCC1)C(=O)Nc1ccc(Cl)cc1. The molecule has 2 aromatic rings. The molecule has 1 aliphatic heterocycles. The summed E-state index contributed by atoms with van der Waals surface area (Å²) in [6.45, 7) is 4.03. The molecule has 0 aliphatic carbocycles. The van der Waals surface area contributed by atoms with Gasteiger partial charge in [-0.15, -0.1) is 0 Å². The minimum Gasteiger partial charge on any atom is -0.379 e. The summed E-state index contributed by atoms with van der Waals surface area (Å²) in [5, 5.41) is 3.44. The number of hydrogen-bond donors (Lipinski definition) is 2. The van der Waals surface area contributed by atoms with E-state index in [9.17, 15) is 9.59 Å². The van der Waals surface area contributed by atoms with E-state index in [0.29, 0.717) is 48.3 Å². The molecule has 1 saturated heterocycles. The van der Waals surface area contributed by atoms with Crippen LogP contribution >= 0.6 is 11.6 Å². The number of amides is 3. The summed E-state index contributed by atoms with van der Waals surface area (Å²) < 4.78 is 5.37. The third kappa shape index (κ3) is 5.22. The number of morpholine rings is 1. The Morgan fingerprint density at radius 1 is 1.11 bits per heavy atom. The van der Waals surface area contributed by atoms with E-state index in [2.05, 4.69) is 10.2 Å². The third-order valence-electron chi connectivity index (χ3n) is 4.54. The van der Waals surface area contributed by atoms with Crippen molar-refractivity contribution in [2.24, 2.45) is 5.73 Å². The van der Waals surface area contributed by atoms with Crippen molar-refractivity contribution in [1.29, 1.82) is 0 Å². The predicted octanol–water partition coefficient (Wildman–Crippen LogP) is 2.81. The van der Waals surface area contributed by atoms with Crippen LogP contribution in [0.25, 0.3) is 0 Å². The Balaban J connectivity index is 1.81. The Morgan fingerprint density at radius 2 is 1.79 bits per heavy atom.